The van der Waals surface area contributed by atoms with Gasteiger partial charge in [-0.05, 0) is 36.4 Å². The second kappa shape index (κ2) is 8.50. The molecule has 0 aliphatic heterocycles. The number of halogens is 1. The summed E-state index contributed by atoms with van der Waals surface area (Å²) >= 11 is 6.23. The van der Waals surface area contributed by atoms with Crippen molar-refractivity contribution in [1.29, 1.82) is 0 Å². The highest BCUT2D eigenvalue weighted by Gasteiger charge is 2.20. The molecule has 0 saturated heterocycles. The van der Waals surface area contributed by atoms with Crippen LogP contribution in [-0.2, 0) is 20.9 Å². The van der Waals surface area contributed by atoms with Gasteiger partial charge < -0.3 is 10.1 Å². The number of carbonyl (C=O) groups is 2. The fraction of sp³-hybridized carbons (Fsp3) is 0.583. The highest BCUT2D eigenvalue weighted by Crippen LogP contribution is 2.08. The predicted octanol–water partition coefficient (Wildman–Crippen LogP) is 1.16. The fourth-order valence-corrected chi connectivity index (χ4v) is 2.18. The zero-order valence-electron chi connectivity index (χ0n) is 11.4. The standard InChI is InChI=1S/C12H18IN3O3S/c1-3-19-12(18)10(7-20)14-11(17)4-5-16-6-9(13)8(2)15-16/h6,10,20H,3-5,7H2,1-2H3,(H,14,17)/t10-/m0/s1. The maximum absolute atomic E-state index is 11.8. The lowest BCUT2D eigenvalue weighted by Gasteiger charge is -2.14. The Hall–Kier alpha value is -0.770. The van der Waals surface area contributed by atoms with Crippen LogP contribution in [0.2, 0.25) is 0 Å². The smallest absolute Gasteiger partial charge is 0.329 e. The number of amides is 1. The molecule has 1 rings (SSSR count). The first-order chi connectivity index (χ1) is 9.47. The van der Waals surface area contributed by atoms with Gasteiger partial charge in [0.1, 0.15) is 6.04 Å². The first-order valence-electron chi connectivity index (χ1n) is 6.24. The molecule has 1 amide bonds. The average Bonchev–Trinajstić information content (AvgIpc) is 2.73. The van der Waals surface area contributed by atoms with Crippen LogP contribution in [0, 0.1) is 10.5 Å². The van der Waals surface area contributed by atoms with Gasteiger partial charge in [-0.1, -0.05) is 0 Å². The van der Waals surface area contributed by atoms with E-state index in [4.69, 9.17) is 4.74 Å². The molecule has 0 aromatic carbocycles. The van der Waals surface area contributed by atoms with Gasteiger partial charge in [-0.25, -0.2) is 4.79 Å². The minimum absolute atomic E-state index is 0.212. The molecule has 112 valence electrons. The number of hydrogen-bond donors (Lipinski definition) is 2. The molecule has 0 fully saturated rings. The lowest BCUT2D eigenvalue weighted by atomic mass is 10.3. The Bertz CT molecular complexity index is 459. The number of carbonyl (C=O) groups excluding carboxylic acids is 2. The van der Waals surface area contributed by atoms with E-state index < -0.39 is 12.0 Å². The Labute approximate surface area is 137 Å². The Morgan fingerprint density at radius 1 is 1.60 bits per heavy atom. The fourth-order valence-electron chi connectivity index (χ4n) is 1.51. The van der Waals surface area contributed by atoms with Crippen molar-refractivity contribution in [2.75, 3.05) is 12.4 Å². The average molecular weight is 411 g/mol. The minimum Gasteiger partial charge on any atom is -0.464 e. The zero-order valence-corrected chi connectivity index (χ0v) is 14.5. The topological polar surface area (TPSA) is 73.2 Å². The third kappa shape index (κ3) is 5.31. The van der Waals surface area contributed by atoms with Crippen molar-refractivity contribution in [2.45, 2.75) is 32.9 Å². The summed E-state index contributed by atoms with van der Waals surface area (Å²) in [6.45, 7) is 4.38. The summed E-state index contributed by atoms with van der Waals surface area (Å²) < 4.78 is 7.63. The number of nitrogens with one attached hydrogen (secondary N) is 1. The quantitative estimate of drug-likeness (QED) is 0.402. The maximum Gasteiger partial charge on any atom is 0.329 e. The van der Waals surface area contributed by atoms with Gasteiger partial charge in [0.2, 0.25) is 5.91 Å². The van der Waals surface area contributed by atoms with Gasteiger partial charge in [0.25, 0.3) is 0 Å². The molecule has 1 aromatic rings. The molecule has 0 unspecified atom stereocenters. The van der Waals surface area contributed by atoms with Crippen LogP contribution in [0.5, 0.6) is 0 Å². The van der Waals surface area contributed by atoms with E-state index in [0.717, 1.165) is 9.26 Å². The summed E-state index contributed by atoms with van der Waals surface area (Å²) in [6.07, 6.45) is 2.13. The summed E-state index contributed by atoms with van der Waals surface area (Å²) in [7, 11) is 0. The number of ether oxygens (including phenoxy) is 1. The van der Waals surface area contributed by atoms with Crippen LogP contribution in [-0.4, -0.2) is 40.1 Å². The van der Waals surface area contributed by atoms with Crippen molar-refractivity contribution >= 4 is 47.1 Å². The Morgan fingerprint density at radius 2 is 2.30 bits per heavy atom. The second-order valence-corrected chi connectivity index (χ2v) is 5.66. The van der Waals surface area contributed by atoms with Crippen LogP contribution in [0.4, 0.5) is 0 Å². The molecular formula is C12H18IN3O3S. The Balaban J connectivity index is 2.44. The molecule has 0 radical (unpaired) electrons. The normalized spacial score (nSPS) is 12.0. The van der Waals surface area contributed by atoms with Gasteiger partial charge in [-0.2, -0.15) is 17.7 Å². The van der Waals surface area contributed by atoms with E-state index in [0.29, 0.717) is 6.54 Å². The second-order valence-electron chi connectivity index (χ2n) is 4.13. The van der Waals surface area contributed by atoms with Crippen molar-refractivity contribution in [3.05, 3.63) is 15.5 Å². The minimum atomic E-state index is -0.703. The van der Waals surface area contributed by atoms with Crippen LogP contribution in [0.3, 0.4) is 0 Å². The number of esters is 1. The summed E-state index contributed by atoms with van der Waals surface area (Å²) in [4.78, 5) is 23.3. The molecule has 0 saturated carbocycles. The summed E-state index contributed by atoms with van der Waals surface area (Å²) in [5.41, 5.74) is 0.936. The van der Waals surface area contributed by atoms with Gasteiger partial charge >= 0.3 is 5.97 Å². The molecule has 0 bridgehead atoms. The number of nitrogens with zero attached hydrogens (tertiary/aromatic N) is 2. The molecule has 1 aromatic heterocycles. The maximum atomic E-state index is 11.8. The van der Waals surface area contributed by atoms with Crippen LogP contribution < -0.4 is 5.32 Å². The molecule has 20 heavy (non-hydrogen) atoms. The Morgan fingerprint density at radius 3 is 2.80 bits per heavy atom. The lowest BCUT2D eigenvalue weighted by Crippen LogP contribution is -2.43. The molecule has 0 spiro atoms. The first-order valence-corrected chi connectivity index (χ1v) is 7.95. The zero-order chi connectivity index (χ0) is 15.1. The first kappa shape index (κ1) is 17.3. The summed E-state index contributed by atoms with van der Waals surface area (Å²) in [5, 5.41) is 6.88. The molecular weight excluding hydrogens is 393 g/mol. The van der Waals surface area contributed by atoms with Crippen LogP contribution >= 0.6 is 35.2 Å². The number of rotatable bonds is 7. The van der Waals surface area contributed by atoms with Gasteiger partial charge in [-0.3, -0.25) is 9.48 Å². The van der Waals surface area contributed by atoms with Crippen molar-refractivity contribution in [2.24, 2.45) is 0 Å². The molecule has 0 aliphatic carbocycles. The number of aromatic nitrogens is 2. The van der Waals surface area contributed by atoms with Crippen LogP contribution in [0.25, 0.3) is 0 Å². The van der Waals surface area contributed by atoms with Gasteiger partial charge in [-0.15, -0.1) is 0 Å². The van der Waals surface area contributed by atoms with Crippen LogP contribution in [0.1, 0.15) is 19.0 Å². The molecule has 8 heteroatoms. The molecule has 1 atom stereocenters. The third-order valence-corrected chi connectivity index (χ3v) is 3.97. The molecule has 0 aliphatic rings. The van der Waals surface area contributed by atoms with E-state index in [2.05, 4.69) is 45.6 Å². The van der Waals surface area contributed by atoms with Gasteiger partial charge in [0.15, 0.2) is 0 Å². The molecule has 6 nitrogen and oxygen atoms in total. The van der Waals surface area contributed by atoms with E-state index in [-0.39, 0.29) is 24.7 Å². The van der Waals surface area contributed by atoms with Crippen molar-refractivity contribution in [3.8, 4) is 0 Å². The molecule has 1 heterocycles. The third-order valence-electron chi connectivity index (χ3n) is 2.54. The van der Waals surface area contributed by atoms with Crippen LogP contribution in [0.15, 0.2) is 6.20 Å². The van der Waals surface area contributed by atoms with E-state index in [9.17, 15) is 9.59 Å². The largest absolute Gasteiger partial charge is 0.464 e. The number of hydrogen-bond acceptors (Lipinski definition) is 5. The summed E-state index contributed by atoms with van der Waals surface area (Å²) in [5.74, 6) is -0.468. The predicted molar refractivity (Wildman–Crippen MR) is 86.7 cm³/mol. The van der Waals surface area contributed by atoms with Gasteiger partial charge in [0, 0.05) is 24.9 Å². The lowest BCUT2D eigenvalue weighted by molar-refractivity contribution is -0.146. The van der Waals surface area contributed by atoms with E-state index >= 15 is 0 Å². The monoisotopic (exact) mass is 411 g/mol. The number of thiol groups is 1. The number of aryl methyl sites for hydroxylation is 2. The highest BCUT2D eigenvalue weighted by molar-refractivity contribution is 14.1. The van der Waals surface area contributed by atoms with Crippen molar-refractivity contribution < 1.29 is 14.3 Å². The van der Waals surface area contributed by atoms with Crippen molar-refractivity contribution in [3.63, 3.8) is 0 Å². The van der Waals surface area contributed by atoms with Gasteiger partial charge in [0.05, 0.1) is 15.9 Å². The van der Waals surface area contributed by atoms with E-state index in [1.165, 1.54) is 0 Å². The summed E-state index contributed by atoms with van der Waals surface area (Å²) in [6, 6.07) is -0.703. The highest BCUT2D eigenvalue weighted by atomic mass is 127. The van der Waals surface area contributed by atoms with E-state index in [1.54, 1.807) is 11.6 Å². The SMILES string of the molecule is CCOC(=O)[C@H](CS)NC(=O)CCn1cc(I)c(C)n1. The van der Waals surface area contributed by atoms with E-state index in [1.807, 2.05) is 13.1 Å². The van der Waals surface area contributed by atoms with Crippen molar-refractivity contribution in [1.82, 2.24) is 15.1 Å². The Kier molecular flexibility index (Phi) is 7.35. The molecule has 1 N–H and O–H groups in total.